The zero-order chi connectivity index (χ0) is 18.1. The van der Waals surface area contributed by atoms with Gasteiger partial charge in [0.25, 0.3) is 0 Å². The maximum absolute atomic E-state index is 11.8. The molecule has 0 aromatic heterocycles. The number of rotatable bonds is 8. The van der Waals surface area contributed by atoms with Crippen LogP contribution in [0.15, 0.2) is 48.5 Å². The smallest absolute Gasteiger partial charge is 0.330 e. The number of esters is 1. The summed E-state index contributed by atoms with van der Waals surface area (Å²) in [5.74, 6) is 1.67. The molecular weight excluding hydrogens is 320 g/mol. The van der Waals surface area contributed by atoms with Crippen LogP contribution < -0.4 is 14.2 Å². The van der Waals surface area contributed by atoms with Gasteiger partial charge in [0.15, 0.2) is 11.5 Å². The van der Waals surface area contributed by atoms with E-state index in [4.69, 9.17) is 18.9 Å². The van der Waals surface area contributed by atoms with E-state index in [1.165, 1.54) is 6.08 Å². The van der Waals surface area contributed by atoms with Gasteiger partial charge >= 0.3 is 5.97 Å². The summed E-state index contributed by atoms with van der Waals surface area (Å²) in [6.45, 7) is 0.321. The number of hydrogen-bond donors (Lipinski definition) is 0. The van der Waals surface area contributed by atoms with E-state index in [1.807, 2.05) is 30.3 Å². The van der Waals surface area contributed by atoms with Crippen molar-refractivity contribution in [3.05, 3.63) is 59.7 Å². The molecule has 2 rings (SSSR count). The lowest BCUT2D eigenvalue weighted by atomic mass is 10.1. The van der Waals surface area contributed by atoms with Crippen molar-refractivity contribution in [2.45, 2.75) is 6.42 Å². The fourth-order valence-electron chi connectivity index (χ4n) is 2.23. The summed E-state index contributed by atoms with van der Waals surface area (Å²) >= 11 is 0. The third kappa shape index (κ3) is 5.57. The first-order valence-electron chi connectivity index (χ1n) is 7.86. The maximum Gasteiger partial charge on any atom is 0.330 e. The van der Waals surface area contributed by atoms with E-state index < -0.39 is 0 Å². The van der Waals surface area contributed by atoms with E-state index in [9.17, 15) is 4.79 Å². The first kappa shape index (κ1) is 18.4. The van der Waals surface area contributed by atoms with Crippen molar-refractivity contribution in [2.75, 3.05) is 27.9 Å². The Morgan fingerprint density at radius 1 is 0.920 bits per heavy atom. The molecule has 2 aromatic carbocycles. The number of hydrogen-bond acceptors (Lipinski definition) is 5. The van der Waals surface area contributed by atoms with Gasteiger partial charge in [-0.2, -0.15) is 0 Å². The molecule has 0 aliphatic heterocycles. The highest BCUT2D eigenvalue weighted by Gasteiger charge is 2.04. The first-order chi connectivity index (χ1) is 12.2. The van der Waals surface area contributed by atoms with Crippen LogP contribution in [0.3, 0.4) is 0 Å². The summed E-state index contributed by atoms with van der Waals surface area (Å²) in [4.78, 5) is 11.8. The van der Waals surface area contributed by atoms with E-state index in [1.54, 1.807) is 39.5 Å². The van der Waals surface area contributed by atoms with Crippen LogP contribution in [0.4, 0.5) is 0 Å². The lowest BCUT2D eigenvalue weighted by Gasteiger charge is -2.07. The Labute approximate surface area is 147 Å². The molecule has 0 atom stereocenters. The summed E-state index contributed by atoms with van der Waals surface area (Å²) < 4.78 is 20.7. The third-order valence-electron chi connectivity index (χ3n) is 3.61. The van der Waals surface area contributed by atoms with Gasteiger partial charge in [-0.05, 0) is 41.5 Å². The second-order valence-electron chi connectivity index (χ2n) is 5.21. The van der Waals surface area contributed by atoms with Crippen molar-refractivity contribution in [1.82, 2.24) is 0 Å². The predicted octanol–water partition coefficient (Wildman–Crippen LogP) is 3.51. The van der Waals surface area contributed by atoms with Crippen LogP contribution in [-0.4, -0.2) is 33.9 Å². The number of ether oxygens (including phenoxy) is 4. The maximum atomic E-state index is 11.8. The second-order valence-corrected chi connectivity index (χ2v) is 5.21. The van der Waals surface area contributed by atoms with Crippen LogP contribution in [0.5, 0.6) is 17.2 Å². The summed E-state index contributed by atoms with van der Waals surface area (Å²) in [5.41, 5.74) is 1.90. The van der Waals surface area contributed by atoms with Gasteiger partial charge in [-0.1, -0.05) is 18.2 Å². The van der Waals surface area contributed by atoms with Gasteiger partial charge in [0, 0.05) is 12.5 Å². The summed E-state index contributed by atoms with van der Waals surface area (Å²) in [7, 11) is 4.77. The molecular formula is C20H22O5. The summed E-state index contributed by atoms with van der Waals surface area (Å²) in [5, 5.41) is 0. The highest BCUT2D eigenvalue weighted by Crippen LogP contribution is 2.27. The van der Waals surface area contributed by atoms with Crippen LogP contribution in [0.1, 0.15) is 11.1 Å². The van der Waals surface area contributed by atoms with Crippen molar-refractivity contribution in [3.8, 4) is 17.2 Å². The van der Waals surface area contributed by atoms with Crippen LogP contribution in [-0.2, 0) is 16.0 Å². The minimum absolute atomic E-state index is 0.321. The third-order valence-corrected chi connectivity index (χ3v) is 3.61. The van der Waals surface area contributed by atoms with Crippen molar-refractivity contribution in [2.24, 2.45) is 0 Å². The number of benzene rings is 2. The average Bonchev–Trinajstić information content (AvgIpc) is 2.66. The number of carbonyl (C=O) groups excluding carboxylic acids is 1. The molecule has 0 aliphatic rings. The summed E-state index contributed by atoms with van der Waals surface area (Å²) in [6, 6.07) is 13.1. The van der Waals surface area contributed by atoms with Crippen molar-refractivity contribution >= 4 is 12.0 Å². The molecule has 0 spiro atoms. The molecule has 0 bridgehead atoms. The lowest BCUT2D eigenvalue weighted by molar-refractivity contribution is -0.137. The molecule has 0 N–H and O–H groups in total. The van der Waals surface area contributed by atoms with Gasteiger partial charge in [-0.3, -0.25) is 0 Å². The minimum Gasteiger partial charge on any atom is -0.497 e. The molecule has 0 aliphatic carbocycles. The van der Waals surface area contributed by atoms with Gasteiger partial charge in [-0.15, -0.1) is 0 Å². The van der Waals surface area contributed by atoms with E-state index in [0.717, 1.165) is 16.9 Å². The topological polar surface area (TPSA) is 54.0 Å². The van der Waals surface area contributed by atoms with Crippen LogP contribution in [0.2, 0.25) is 0 Å². The Kier molecular flexibility index (Phi) is 6.89. The molecule has 0 radical (unpaired) electrons. The van der Waals surface area contributed by atoms with E-state index in [0.29, 0.717) is 24.5 Å². The highest BCUT2D eigenvalue weighted by atomic mass is 16.5. The monoisotopic (exact) mass is 342 g/mol. The van der Waals surface area contributed by atoms with E-state index in [2.05, 4.69) is 0 Å². The molecule has 0 saturated carbocycles. The molecule has 25 heavy (non-hydrogen) atoms. The van der Waals surface area contributed by atoms with Crippen LogP contribution in [0, 0.1) is 0 Å². The van der Waals surface area contributed by atoms with Crippen molar-refractivity contribution in [3.63, 3.8) is 0 Å². The largest absolute Gasteiger partial charge is 0.497 e. The fourth-order valence-corrected chi connectivity index (χ4v) is 2.23. The standard InChI is InChI=1S/C20H22O5/c1-22-17-8-4-15(5-9-17)12-13-25-20(21)11-7-16-6-10-18(23-2)19(14-16)24-3/h4-11,14H,12-13H2,1-3H3/b11-7+. The molecule has 0 heterocycles. The normalized spacial score (nSPS) is 10.5. The van der Waals surface area contributed by atoms with Gasteiger partial charge < -0.3 is 18.9 Å². The van der Waals surface area contributed by atoms with E-state index in [-0.39, 0.29) is 5.97 Å². The Balaban J connectivity index is 1.84. The molecule has 0 fully saturated rings. The molecule has 0 saturated heterocycles. The van der Waals surface area contributed by atoms with Crippen LogP contribution >= 0.6 is 0 Å². The lowest BCUT2D eigenvalue weighted by Crippen LogP contribution is -2.04. The molecule has 132 valence electrons. The van der Waals surface area contributed by atoms with Gasteiger partial charge in [0.05, 0.1) is 27.9 Å². The van der Waals surface area contributed by atoms with Crippen molar-refractivity contribution in [1.29, 1.82) is 0 Å². The Bertz CT molecular complexity index is 719. The Morgan fingerprint density at radius 2 is 1.64 bits per heavy atom. The molecule has 0 amide bonds. The zero-order valence-electron chi connectivity index (χ0n) is 14.7. The highest BCUT2D eigenvalue weighted by molar-refractivity contribution is 5.87. The number of methoxy groups -OCH3 is 3. The van der Waals surface area contributed by atoms with Gasteiger partial charge in [0.2, 0.25) is 0 Å². The average molecular weight is 342 g/mol. The number of carbonyl (C=O) groups is 1. The zero-order valence-corrected chi connectivity index (χ0v) is 14.7. The molecule has 5 nitrogen and oxygen atoms in total. The van der Waals surface area contributed by atoms with Crippen LogP contribution in [0.25, 0.3) is 6.08 Å². The van der Waals surface area contributed by atoms with Gasteiger partial charge in [0.1, 0.15) is 5.75 Å². The Morgan fingerprint density at radius 3 is 2.28 bits per heavy atom. The first-order valence-corrected chi connectivity index (χ1v) is 7.86. The minimum atomic E-state index is -0.386. The van der Waals surface area contributed by atoms with E-state index >= 15 is 0 Å². The molecule has 5 heteroatoms. The molecule has 0 unspecified atom stereocenters. The SMILES string of the molecule is COc1ccc(CCOC(=O)/C=C/c2ccc(OC)c(OC)c2)cc1. The Hall–Kier alpha value is -2.95. The molecule has 2 aromatic rings. The summed E-state index contributed by atoms with van der Waals surface area (Å²) in [6.07, 6.45) is 3.73. The van der Waals surface area contributed by atoms with Gasteiger partial charge in [-0.25, -0.2) is 4.79 Å². The van der Waals surface area contributed by atoms with Crippen molar-refractivity contribution < 1.29 is 23.7 Å². The predicted molar refractivity (Wildman–Crippen MR) is 96.2 cm³/mol. The fraction of sp³-hybridized carbons (Fsp3) is 0.250. The second kappa shape index (κ2) is 9.37. The quantitative estimate of drug-likeness (QED) is 0.543.